The maximum atomic E-state index is 11.4. The topological polar surface area (TPSA) is 61.8 Å². The number of para-hydroxylation sites is 1. The number of esters is 2. The van der Waals surface area contributed by atoms with Crippen molar-refractivity contribution in [3.63, 3.8) is 0 Å². The molecule has 1 heterocycles. The minimum absolute atomic E-state index is 0.164. The molecule has 134 valence electrons. The van der Waals surface area contributed by atoms with Gasteiger partial charge < -0.3 is 14.2 Å². The third kappa shape index (κ3) is 3.76. The quantitative estimate of drug-likeness (QED) is 0.474. The lowest BCUT2D eigenvalue weighted by atomic mass is 9.66. The molecule has 0 amide bonds. The van der Waals surface area contributed by atoms with Crippen molar-refractivity contribution in [2.24, 2.45) is 11.3 Å². The van der Waals surface area contributed by atoms with Crippen LogP contribution in [0.5, 0.6) is 5.75 Å². The predicted molar refractivity (Wildman–Crippen MR) is 92.0 cm³/mol. The summed E-state index contributed by atoms with van der Waals surface area (Å²) in [7, 11) is 0. The Balaban J connectivity index is 1.87. The lowest BCUT2D eigenvalue weighted by Crippen LogP contribution is -2.44. The molecule has 25 heavy (non-hydrogen) atoms. The molecule has 5 nitrogen and oxygen atoms in total. The first-order chi connectivity index (χ1) is 11.9. The van der Waals surface area contributed by atoms with E-state index in [-0.39, 0.29) is 29.4 Å². The lowest BCUT2D eigenvalue weighted by molar-refractivity contribution is -0.156. The Kier molecular flexibility index (Phi) is 4.95. The molecule has 0 saturated carbocycles. The fraction of sp³-hybridized carbons (Fsp3) is 0.500. The van der Waals surface area contributed by atoms with E-state index in [0.717, 1.165) is 18.4 Å². The highest BCUT2D eigenvalue weighted by molar-refractivity contribution is 5.70. The molecule has 2 aliphatic rings. The largest absolute Gasteiger partial charge is 0.465 e. The molecule has 1 aromatic rings. The highest BCUT2D eigenvalue weighted by atomic mass is 16.5. The molecule has 0 aromatic heterocycles. The minimum Gasteiger partial charge on any atom is -0.465 e. The van der Waals surface area contributed by atoms with Gasteiger partial charge in [0.15, 0.2) is 0 Å². The summed E-state index contributed by atoms with van der Waals surface area (Å²) >= 11 is 0. The maximum Gasteiger partial charge on any atom is 0.308 e. The van der Waals surface area contributed by atoms with Crippen molar-refractivity contribution in [2.75, 3.05) is 13.2 Å². The normalized spacial score (nSPS) is 28.0. The van der Waals surface area contributed by atoms with Crippen molar-refractivity contribution in [3.05, 3.63) is 41.5 Å². The molecule has 3 atom stereocenters. The van der Waals surface area contributed by atoms with Crippen LogP contribution in [0.3, 0.4) is 0 Å². The monoisotopic (exact) mass is 344 g/mol. The Hall–Kier alpha value is -2.14. The van der Waals surface area contributed by atoms with Gasteiger partial charge in [0.1, 0.15) is 5.75 Å². The van der Waals surface area contributed by atoms with Crippen molar-refractivity contribution >= 4 is 11.9 Å². The standard InChI is InChI=1S/C20H24O5/c1-13-8-9-20(11-23-14(2)21)10-17(13)19(24-12-20)16-6-4-5-7-18(16)25-15(3)22/h4-8,17,19H,9-12H2,1-3H3/t17-,19+,20-/m1/s1. The number of rotatable bonds is 4. The Morgan fingerprint density at radius 2 is 2.00 bits per heavy atom. The molecule has 0 N–H and O–H groups in total. The molecule has 1 aliphatic carbocycles. The fourth-order valence-corrected chi connectivity index (χ4v) is 3.77. The fourth-order valence-electron chi connectivity index (χ4n) is 3.77. The van der Waals surface area contributed by atoms with E-state index in [1.165, 1.54) is 19.4 Å². The maximum absolute atomic E-state index is 11.4. The van der Waals surface area contributed by atoms with E-state index in [2.05, 4.69) is 13.0 Å². The van der Waals surface area contributed by atoms with Gasteiger partial charge in [-0.25, -0.2) is 0 Å². The average molecular weight is 344 g/mol. The van der Waals surface area contributed by atoms with E-state index in [9.17, 15) is 9.59 Å². The molecule has 1 saturated heterocycles. The van der Waals surface area contributed by atoms with Crippen LogP contribution in [0.2, 0.25) is 0 Å². The predicted octanol–water partition coefficient (Wildman–Crippen LogP) is 3.59. The Labute approximate surface area is 148 Å². The second kappa shape index (κ2) is 7.00. The summed E-state index contributed by atoms with van der Waals surface area (Å²) in [5.74, 6) is 0.114. The van der Waals surface area contributed by atoms with Crippen LogP contribution in [-0.4, -0.2) is 25.2 Å². The van der Waals surface area contributed by atoms with Crippen molar-refractivity contribution < 1.29 is 23.8 Å². The zero-order valence-electron chi connectivity index (χ0n) is 14.9. The number of allylic oxidation sites excluding steroid dienone is 1. The molecular weight excluding hydrogens is 320 g/mol. The number of carbonyl (C=O) groups excluding carboxylic acids is 2. The van der Waals surface area contributed by atoms with Crippen LogP contribution in [0, 0.1) is 11.3 Å². The van der Waals surface area contributed by atoms with Gasteiger partial charge in [-0.2, -0.15) is 0 Å². The lowest BCUT2D eigenvalue weighted by Gasteiger charge is -2.47. The van der Waals surface area contributed by atoms with Crippen molar-refractivity contribution in [2.45, 2.75) is 39.7 Å². The highest BCUT2D eigenvalue weighted by Crippen LogP contribution is 2.51. The van der Waals surface area contributed by atoms with Crippen LogP contribution < -0.4 is 4.74 Å². The van der Waals surface area contributed by atoms with Crippen LogP contribution in [-0.2, 0) is 19.1 Å². The van der Waals surface area contributed by atoms with Gasteiger partial charge in [0.2, 0.25) is 0 Å². The van der Waals surface area contributed by atoms with Gasteiger partial charge in [-0.1, -0.05) is 29.8 Å². The number of ether oxygens (including phenoxy) is 3. The second-order valence-electron chi connectivity index (χ2n) is 7.11. The SMILES string of the molecule is CC(=O)OC[C@@]12CC=C(C)[C@@H](C1)[C@H](c1ccccc1OC(C)=O)OC2. The molecule has 1 aromatic carbocycles. The van der Waals surface area contributed by atoms with Gasteiger partial charge in [0, 0.05) is 30.7 Å². The third-order valence-electron chi connectivity index (χ3n) is 5.09. The van der Waals surface area contributed by atoms with E-state index in [0.29, 0.717) is 19.0 Å². The third-order valence-corrected chi connectivity index (χ3v) is 5.09. The van der Waals surface area contributed by atoms with Crippen LogP contribution >= 0.6 is 0 Å². The average Bonchev–Trinajstić information content (AvgIpc) is 2.57. The zero-order chi connectivity index (χ0) is 18.0. The number of fused-ring (bicyclic) bond motifs is 2. The van der Waals surface area contributed by atoms with Crippen LogP contribution in [0.15, 0.2) is 35.9 Å². The number of hydrogen-bond acceptors (Lipinski definition) is 5. The molecule has 1 fully saturated rings. The van der Waals surface area contributed by atoms with Crippen LogP contribution in [0.4, 0.5) is 0 Å². The van der Waals surface area contributed by atoms with E-state index < -0.39 is 0 Å². The summed E-state index contributed by atoms with van der Waals surface area (Å²) in [5, 5.41) is 0. The Bertz CT molecular complexity index is 708. The Morgan fingerprint density at radius 3 is 2.72 bits per heavy atom. The van der Waals surface area contributed by atoms with Gasteiger partial charge in [0.05, 0.1) is 19.3 Å². The van der Waals surface area contributed by atoms with Gasteiger partial charge in [0.25, 0.3) is 0 Å². The summed E-state index contributed by atoms with van der Waals surface area (Å²) in [6.45, 7) is 5.82. The molecule has 5 heteroatoms. The second-order valence-corrected chi connectivity index (χ2v) is 7.11. The van der Waals surface area contributed by atoms with Crippen molar-refractivity contribution in [3.8, 4) is 5.75 Å². The highest BCUT2D eigenvalue weighted by Gasteiger charge is 2.46. The summed E-state index contributed by atoms with van der Waals surface area (Å²) < 4.78 is 16.9. The van der Waals surface area contributed by atoms with Gasteiger partial charge in [-0.05, 0) is 25.8 Å². The molecular formula is C20H24O5. The summed E-state index contributed by atoms with van der Waals surface area (Å²) in [6.07, 6.45) is 3.79. The van der Waals surface area contributed by atoms with Crippen molar-refractivity contribution in [1.82, 2.24) is 0 Å². The molecule has 0 unspecified atom stereocenters. The van der Waals surface area contributed by atoms with E-state index >= 15 is 0 Å². The summed E-state index contributed by atoms with van der Waals surface area (Å²) in [4.78, 5) is 22.6. The number of benzene rings is 1. The van der Waals surface area contributed by atoms with Crippen LogP contribution in [0.1, 0.15) is 45.3 Å². The van der Waals surface area contributed by atoms with E-state index in [1.54, 1.807) is 6.07 Å². The molecule has 0 spiro atoms. The first-order valence-corrected chi connectivity index (χ1v) is 8.59. The number of carbonyl (C=O) groups is 2. The summed E-state index contributed by atoms with van der Waals surface area (Å²) in [5.41, 5.74) is 1.99. The Morgan fingerprint density at radius 1 is 1.24 bits per heavy atom. The minimum atomic E-state index is -0.344. The molecule has 2 bridgehead atoms. The van der Waals surface area contributed by atoms with Gasteiger partial charge in [-0.3, -0.25) is 9.59 Å². The first-order valence-electron chi connectivity index (χ1n) is 8.59. The molecule has 0 radical (unpaired) electrons. The molecule has 1 aliphatic heterocycles. The van der Waals surface area contributed by atoms with Gasteiger partial charge >= 0.3 is 11.9 Å². The molecule has 3 rings (SSSR count). The smallest absolute Gasteiger partial charge is 0.308 e. The summed E-state index contributed by atoms with van der Waals surface area (Å²) in [6, 6.07) is 7.51. The van der Waals surface area contributed by atoms with E-state index in [4.69, 9.17) is 14.2 Å². The van der Waals surface area contributed by atoms with Gasteiger partial charge in [-0.15, -0.1) is 0 Å². The van der Waals surface area contributed by atoms with E-state index in [1.807, 2.05) is 18.2 Å². The number of hydrogen-bond donors (Lipinski definition) is 0. The zero-order valence-corrected chi connectivity index (χ0v) is 14.9. The van der Waals surface area contributed by atoms with Crippen molar-refractivity contribution in [1.29, 1.82) is 0 Å². The van der Waals surface area contributed by atoms with Crippen LogP contribution in [0.25, 0.3) is 0 Å². The first kappa shape index (κ1) is 17.7.